The fraction of sp³-hybridized carbons (Fsp3) is 0.438. The highest BCUT2D eigenvalue weighted by Gasteiger charge is 2.28. The maximum Gasteiger partial charge on any atom is 0.220 e. The summed E-state index contributed by atoms with van der Waals surface area (Å²) >= 11 is 0. The lowest BCUT2D eigenvalue weighted by molar-refractivity contribution is -0.132. The van der Waals surface area contributed by atoms with Crippen molar-refractivity contribution in [1.82, 2.24) is 19.4 Å². The molecule has 0 radical (unpaired) electrons. The van der Waals surface area contributed by atoms with Crippen LogP contribution in [-0.2, 0) is 29.3 Å². The fourth-order valence-corrected chi connectivity index (χ4v) is 2.85. The van der Waals surface area contributed by atoms with Crippen LogP contribution in [0.25, 0.3) is 0 Å². The molecule has 116 valence electrons. The number of carbonyl (C=O) groups excluding carboxylic acids is 1. The number of aromatic nitrogens is 3. The van der Waals surface area contributed by atoms with E-state index in [0.29, 0.717) is 19.8 Å². The van der Waals surface area contributed by atoms with Gasteiger partial charge in [-0.1, -0.05) is 6.07 Å². The van der Waals surface area contributed by atoms with Crippen LogP contribution in [0.5, 0.6) is 0 Å². The van der Waals surface area contributed by atoms with E-state index in [2.05, 4.69) is 14.5 Å². The highest BCUT2D eigenvalue weighted by molar-refractivity contribution is 5.73. The molecule has 1 amide bonds. The maximum absolute atomic E-state index is 11.6. The topological polar surface area (TPSA) is 60.2 Å². The molecule has 22 heavy (non-hydrogen) atoms. The lowest BCUT2D eigenvalue weighted by atomic mass is 10.2. The van der Waals surface area contributed by atoms with E-state index in [1.165, 1.54) is 0 Å². The summed E-state index contributed by atoms with van der Waals surface area (Å²) in [6.45, 7) is 6.07. The van der Waals surface area contributed by atoms with Gasteiger partial charge in [-0.15, -0.1) is 0 Å². The highest BCUT2D eigenvalue weighted by atomic mass is 16.5. The molecule has 0 fully saturated rings. The largest absolute Gasteiger partial charge is 0.369 e. The van der Waals surface area contributed by atoms with Crippen molar-refractivity contribution < 1.29 is 9.53 Å². The first-order chi connectivity index (χ1) is 10.7. The van der Waals surface area contributed by atoms with Crippen LogP contribution in [0.15, 0.2) is 30.6 Å². The van der Waals surface area contributed by atoms with Gasteiger partial charge in [0.2, 0.25) is 5.91 Å². The van der Waals surface area contributed by atoms with Gasteiger partial charge in [0.15, 0.2) is 0 Å². The second-order valence-corrected chi connectivity index (χ2v) is 5.46. The lowest BCUT2D eigenvalue weighted by Gasteiger charge is -2.33. The summed E-state index contributed by atoms with van der Waals surface area (Å²) in [4.78, 5) is 22.2. The van der Waals surface area contributed by atoms with Gasteiger partial charge in [-0.2, -0.15) is 0 Å². The predicted octanol–water partition coefficient (Wildman–Crippen LogP) is 1.92. The average molecular weight is 300 g/mol. The molecule has 0 unspecified atom stereocenters. The third kappa shape index (κ3) is 2.87. The Morgan fingerprint density at radius 3 is 2.91 bits per heavy atom. The molecule has 0 saturated heterocycles. The third-order valence-corrected chi connectivity index (χ3v) is 4.01. The molecule has 3 rings (SSSR count). The number of ether oxygens (including phenoxy) is 1. The van der Waals surface area contributed by atoms with Crippen molar-refractivity contribution in [3.05, 3.63) is 47.8 Å². The molecule has 1 atom stereocenters. The zero-order chi connectivity index (χ0) is 15.5. The van der Waals surface area contributed by atoms with Gasteiger partial charge >= 0.3 is 0 Å². The first-order valence-corrected chi connectivity index (χ1v) is 7.46. The van der Waals surface area contributed by atoms with E-state index in [4.69, 9.17) is 4.74 Å². The zero-order valence-electron chi connectivity index (χ0n) is 12.9. The lowest BCUT2D eigenvalue weighted by Crippen LogP contribution is -2.40. The molecule has 0 aliphatic carbocycles. The zero-order valence-corrected chi connectivity index (χ0v) is 12.9. The summed E-state index contributed by atoms with van der Waals surface area (Å²) in [5.74, 6) is 1.02. The van der Waals surface area contributed by atoms with Crippen LogP contribution in [0.1, 0.15) is 37.1 Å². The van der Waals surface area contributed by atoms with E-state index in [9.17, 15) is 4.79 Å². The molecule has 0 saturated carbocycles. The van der Waals surface area contributed by atoms with Gasteiger partial charge in [0.25, 0.3) is 0 Å². The minimum Gasteiger partial charge on any atom is -0.369 e. The molecule has 0 N–H and O–H groups in total. The summed E-state index contributed by atoms with van der Waals surface area (Å²) in [6.07, 6.45) is 3.60. The molecule has 0 aromatic carbocycles. The van der Waals surface area contributed by atoms with E-state index in [0.717, 1.165) is 23.8 Å². The van der Waals surface area contributed by atoms with Crippen molar-refractivity contribution in [3.63, 3.8) is 0 Å². The number of carbonyl (C=O) groups is 1. The number of nitrogens with zero attached hydrogens (tertiary/aromatic N) is 4. The van der Waals surface area contributed by atoms with Gasteiger partial charge in [0.05, 0.1) is 36.8 Å². The van der Waals surface area contributed by atoms with Gasteiger partial charge in [0, 0.05) is 26.2 Å². The van der Waals surface area contributed by atoms with Crippen LogP contribution < -0.4 is 0 Å². The quantitative estimate of drug-likeness (QED) is 0.865. The van der Waals surface area contributed by atoms with E-state index in [1.807, 2.05) is 36.2 Å². The van der Waals surface area contributed by atoms with Crippen molar-refractivity contribution in [1.29, 1.82) is 0 Å². The first kappa shape index (κ1) is 14.7. The Morgan fingerprint density at radius 2 is 2.18 bits per heavy atom. The standard InChI is InChI=1S/C16H20N4O2/c1-12-16-18-9-15(20(16)8-7-19(12)13(2)21)11-22-10-14-5-3-4-6-17-14/h3-6,9,12H,7-8,10-11H2,1-2H3/t12-/m1/s1. The molecule has 2 aromatic rings. The molecular weight excluding hydrogens is 280 g/mol. The molecule has 6 heteroatoms. The summed E-state index contributed by atoms with van der Waals surface area (Å²) in [5.41, 5.74) is 1.96. The van der Waals surface area contributed by atoms with Crippen molar-refractivity contribution >= 4 is 5.91 Å². The van der Waals surface area contributed by atoms with Crippen LogP contribution in [0.3, 0.4) is 0 Å². The van der Waals surface area contributed by atoms with Crippen molar-refractivity contribution in [2.75, 3.05) is 6.54 Å². The second-order valence-electron chi connectivity index (χ2n) is 5.46. The van der Waals surface area contributed by atoms with E-state index in [1.54, 1.807) is 13.1 Å². The minimum atomic E-state index is 0.00999. The SMILES string of the molecule is CC(=O)N1CCn2c(COCc3ccccn3)cnc2[C@H]1C. The van der Waals surface area contributed by atoms with Gasteiger partial charge in [-0.3, -0.25) is 9.78 Å². The Bertz CT molecular complexity index is 653. The molecule has 1 aliphatic heterocycles. The Kier molecular flexibility index (Phi) is 4.20. The molecular formula is C16H20N4O2. The van der Waals surface area contributed by atoms with Gasteiger partial charge in [0.1, 0.15) is 5.82 Å². The summed E-state index contributed by atoms with van der Waals surface area (Å²) in [7, 11) is 0. The van der Waals surface area contributed by atoms with Gasteiger partial charge in [-0.05, 0) is 19.1 Å². The minimum absolute atomic E-state index is 0.00999. The second kappa shape index (κ2) is 6.27. The van der Waals surface area contributed by atoms with Crippen LogP contribution in [0.4, 0.5) is 0 Å². The third-order valence-electron chi connectivity index (χ3n) is 4.01. The molecule has 2 aromatic heterocycles. The summed E-state index contributed by atoms with van der Waals surface area (Å²) < 4.78 is 7.89. The number of hydrogen-bond donors (Lipinski definition) is 0. The normalized spacial score (nSPS) is 17.4. The number of hydrogen-bond acceptors (Lipinski definition) is 4. The van der Waals surface area contributed by atoms with E-state index >= 15 is 0 Å². The number of imidazole rings is 1. The molecule has 1 aliphatic rings. The predicted molar refractivity (Wildman–Crippen MR) is 80.8 cm³/mol. The monoisotopic (exact) mass is 300 g/mol. The smallest absolute Gasteiger partial charge is 0.220 e. The van der Waals surface area contributed by atoms with Gasteiger partial charge in [-0.25, -0.2) is 4.98 Å². The van der Waals surface area contributed by atoms with E-state index < -0.39 is 0 Å². The number of fused-ring (bicyclic) bond motifs is 1. The van der Waals surface area contributed by atoms with Gasteiger partial charge < -0.3 is 14.2 Å². The van der Waals surface area contributed by atoms with Crippen LogP contribution >= 0.6 is 0 Å². The Hall–Kier alpha value is -2.21. The number of amides is 1. The molecule has 3 heterocycles. The Labute approximate surface area is 129 Å². The maximum atomic E-state index is 11.6. The highest BCUT2D eigenvalue weighted by Crippen LogP contribution is 2.25. The van der Waals surface area contributed by atoms with Crippen LogP contribution in [0, 0.1) is 0 Å². The Balaban J connectivity index is 1.65. The summed E-state index contributed by atoms with van der Waals surface area (Å²) in [6, 6.07) is 5.79. The molecule has 0 bridgehead atoms. The summed E-state index contributed by atoms with van der Waals surface area (Å²) in [5, 5.41) is 0. The number of pyridine rings is 1. The van der Waals surface area contributed by atoms with Crippen molar-refractivity contribution in [3.8, 4) is 0 Å². The Morgan fingerprint density at radius 1 is 1.32 bits per heavy atom. The van der Waals surface area contributed by atoms with E-state index in [-0.39, 0.29) is 11.9 Å². The van der Waals surface area contributed by atoms with Crippen molar-refractivity contribution in [2.24, 2.45) is 0 Å². The molecule has 6 nitrogen and oxygen atoms in total. The molecule has 0 spiro atoms. The van der Waals surface area contributed by atoms with Crippen molar-refractivity contribution in [2.45, 2.75) is 39.6 Å². The number of rotatable bonds is 4. The first-order valence-electron chi connectivity index (χ1n) is 7.46. The van der Waals surface area contributed by atoms with Crippen LogP contribution in [-0.4, -0.2) is 31.9 Å². The fourth-order valence-electron chi connectivity index (χ4n) is 2.85. The average Bonchev–Trinajstić information content (AvgIpc) is 2.92. The van der Waals surface area contributed by atoms with Crippen LogP contribution in [0.2, 0.25) is 0 Å².